The molecule has 0 amide bonds. The fraction of sp³-hybridized carbons (Fsp3) is 0.167. The Morgan fingerprint density at radius 1 is 0.900 bits per heavy atom. The molecule has 6 heteroatoms. The second-order valence-electron chi connectivity index (χ2n) is 7.59. The van der Waals surface area contributed by atoms with E-state index in [0.29, 0.717) is 5.56 Å². The van der Waals surface area contributed by atoms with E-state index >= 15 is 0 Å². The maximum Gasteiger partial charge on any atom is 0.248 e. The van der Waals surface area contributed by atoms with Gasteiger partial charge >= 0.3 is 0 Å². The Labute approximate surface area is 173 Å². The predicted molar refractivity (Wildman–Crippen MR) is 113 cm³/mol. The van der Waals surface area contributed by atoms with Crippen LogP contribution >= 0.6 is 0 Å². The number of benzene rings is 3. The van der Waals surface area contributed by atoms with Crippen LogP contribution in [0.15, 0.2) is 90.0 Å². The molecule has 2 aliphatic heterocycles. The molecule has 3 aromatic rings. The third kappa shape index (κ3) is 2.80. The van der Waals surface area contributed by atoms with Gasteiger partial charge < -0.3 is 0 Å². The summed E-state index contributed by atoms with van der Waals surface area (Å²) in [5.74, 6) is -0.780. The van der Waals surface area contributed by atoms with E-state index in [0.717, 1.165) is 16.7 Å². The molecule has 6 nitrogen and oxygen atoms in total. The zero-order valence-electron chi connectivity index (χ0n) is 16.0. The minimum absolute atomic E-state index is 0.157. The van der Waals surface area contributed by atoms with Crippen molar-refractivity contribution in [3.05, 3.63) is 117 Å². The smallest absolute Gasteiger partial charge is 0.248 e. The van der Waals surface area contributed by atoms with Gasteiger partial charge in [0.2, 0.25) is 6.04 Å². The van der Waals surface area contributed by atoms with Gasteiger partial charge in [-0.05, 0) is 11.1 Å². The summed E-state index contributed by atoms with van der Waals surface area (Å²) in [5.41, 5.74) is 2.99. The summed E-state index contributed by atoms with van der Waals surface area (Å²) in [6, 6.07) is 23.4. The van der Waals surface area contributed by atoms with Crippen molar-refractivity contribution in [2.75, 3.05) is 0 Å². The van der Waals surface area contributed by atoms with Crippen LogP contribution in [0.25, 0.3) is 0 Å². The van der Waals surface area contributed by atoms with Crippen LogP contribution in [0.3, 0.4) is 0 Å². The molecule has 0 N–H and O–H groups in total. The highest BCUT2D eigenvalue weighted by Crippen LogP contribution is 2.49. The molecule has 3 aromatic carbocycles. The number of carbonyl (C=O) groups excluding carboxylic acids is 1. The maximum absolute atomic E-state index is 13.6. The van der Waals surface area contributed by atoms with E-state index in [1.54, 1.807) is 35.5 Å². The summed E-state index contributed by atoms with van der Waals surface area (Å²) in [7, 11) is 0. The summed E-state index contributed by atoms with van der Waals surface area (Å²) >= 11 is 0. The molecule has 0 bridgehead atoms. The number of nitrogens with zero attached hydrogens (tertiary/aromatic N) is 3. The van der Waals surface area contributed by atoms with E-state index in [9.17, 15) is 14.9 Å². The van der Waals surface area contributed by atoms with Crippen LogP contribution in [0.2, 0.25) is 0 Å². The SMILES string of the molecule is O=C(c1ccccc1)[C@H]1[C@H](c2ccccc2)[C@@H]([N+](=O)[O-])[C@@H]2c3ccccc3C=NN12. The van der Waals surface area contributed by atoms with Gasteiger partial charge in [-0.25, -0.2) is 0 Å². The van der Waals surface area contributed by atoms with Gasteiger partial charge in [0.15, 0.2) is 5.78 Å². The van der Waals surface area contributed by atoms with Crippen LogP contribution in [0.4, 0.5) is 0 Å². The lowest BCUT2D eigenvalue weighted by Gasteiger charge is -2.30. The normalized spacial score (nSPS) is 24.2. The van der Waals surface area contributed by atoms with Crippen molar-refractivity contribution in [2.45, 2.75) is 24.0 Å². The fourth-order valence-electron chi connectivity index (χ4n) is 4.73. The third-order valence-corrected chi connectivity index (χ3v) is 6.00. The van der Waals surface area contributed by atoms with E-state index in [1.165, 1.54) is 0 Å². The number of carbonyl (C=O) groups is 1. The molecule has 0 aliphatic carbocycles. The van der Waals surface area contributed by atoms with Gasteiger partial charge in [-0.3, -0.25) is 19.9 Å². The minimum atomic E-state index is -0.997. The lowest BCUT2D eigenvalue weighted by molar-refractivity contribution is -0.529. The van der Waals surface area contributed by atoms with E-state index < -0.39 is 24.0 Å². The molecule has 4 atom stereocenters. The molecule has 0 spiro atoms. The van der Waals surface area contributed by atoms with Gasteiger partial charge in [-0.2, -0.15) is 5.10 Å². The monoisotopic (exact) mass is 397 g/mol. The molecule has 5 rings (SSSR count). The number of hydrogen-bond acceptors (Lipinski definition) is 5. The maximum atomic E-state index is 13.6. The summed E-state index contributed by atoms with van der Waals surface area (Å²) in [5, 5.41) is 18.6. The Morgan fingerprint density at radius 3 is 2.23 bits per heavy atom. The Bertz CT molecular complexity index is 1130. The molecule has 0 radical (unpaired) electrons. The molecule has 2 heterocycles. The van der Waals surface area contributed by atoms with E-state index in [4.69, 9.17) is 0 Å². The van der Waals surface area contributed by atoms with E-state index in [1.807, 2.05) is 60.7 Å². The standard InChI is InChI=1S/C24H19N3O3/c28-24(17-11-5-2-6-12-17)23-20(16-9-3-1-4-10-16)22(27(29)30)21-19-14-8-7-13-18(19)15-25-26(21)23/h1-15,20-23H/t20-,21+,22-,23-/m1/s1. The fourth-order valence-corrected chi connectivity index (χ4v) is 4.73. The number of nitro groups is 1. The molecule has 0 aromatic heterocycles. The van der Waals surface area contributed by atoms with E-state index in [-0.39, 0.29) is 10.7 Å². The molecular formula is C24H19N3O3. The Kier molecular flexibility index (Phi) is 4.39. The number of ketones is 1. The lowest BCUT2D eigenvalue weighted by Crippen LogP contribution is -2.38. The van der Waals surface area contributed by atoms with Crippen molar-refractivity contribution >= 4 is 12.0 Å². The molecule has 30 heavy (non-hydrogen) atoms. The number of fused-ring (bicyclic) bond motifs is 3. The summed E-state index contributed by atoms with van der Waals surface area (Å²) < 4.78 is 0. The quantitative estimate of drug-likeness (QED) is 0.378. The summed E-state index contributed by atoms with van der Waals surface area (Å²) in [6.45, 7) is 0. The van der Waals surface area contributed by atoms with Crippen molar-refractivity contribution in [1.82, 2.24) is 5.01 Å². The van der Waals surface area contributed by atoms with Gasteiger partial charge in [-0.1, -0.05) is 84.9 Å². The number of hydrogen-bond donors (Lipinski definition) is 0. The van der Waals surface area contributed by atoms with Crippen LogP contribution < -0.4 is 0 Å². The average molecular weight is 397 g/mol. The Hall–Kier alpha value is -3.80. The van der Waals surface area contributed by atoms with Gasteiger partial charge in [-0.15, -0.1) is 0 Å². The Morgan fingerprint density at radius 2 is 1.53 bits per heavy atom. The molecule has 148 valence electrons. The first-order valence-electron chi connectivity index (χ1n) is 9.86. The summed E-state index contributed by atoms with van der Waals surface area (Å²) in [6.07, 6.45) is 1.70. The molecule has 0 unspecified atom stereocenters. The number of Topliss-reactive ketones (excluding diaryl/α,β-unsaturated/α-hetero) is 1. The first kappa shape index (κ1) is 18.2. The highest BCUT2D eigenvalue weighted by Gasteiger charge is 2.60. The summed E-state index contributed by atoms with van der Waals surface area (Å²) in [4.78, 5) is 25.8. The van der Waals surface area contributed by atoms with Crippen LogP contribution in [-0.4, -0.2) is 34.0 Å². The van der Waals surface area contributed by atoms with Gasteiger partial charge in [0.05, 0.1) is 12.1 Å². The second kappa shape index (κ2) is 7.22. The number of rotatable bonds is 4. The highest BCUT2D eigenvalue weighted by molar-refractivity contribution is 6.01. The van der Waals surface area contributed by atoms with Crippen molar-refractivity contribution in [3.63, 3.8) is 0 Å². The lowest BCUT2D eigenvalue weighted by atomic mass is 9.82. The first-order valence-corrected chi connectivity index (χ1v) is 9.86. The van der Waals surface area contributed by atoms with Crippen molar-refractivity contribution in [1.29, 1.82) is 0 Å². The van der Waals surface area contributed by atoms with Gasteiger partial charge in [0, 0.05) is 16.1 Å². The van der Waals surface area contributed by atoms with Gasteiger partial charge in [0.1, 0.15) is 12.1 Å². The van der Waals surface area contributed by atoms with Crippen LogP contribution in [0.1, 0.15) is 39.0 Å². The number of hydrazone groups is 1. The zero-order chi connectivity index (χ0) is 20.7. The highest BCUT2D eigenvalue weighted by atomic mass is 16.6. The average Bonchev–Trinajstić information content (AvgIpc) is 3.16. The van der Waals surface area contributed by atoms with Crippen LogP contribution in [0.5, 0.6) is 0 Å². The molecule has 0 saturated carbocycles. The largest absolute Gasteiger partial charge is 0.292 e. The Balaban J connectivity index is 1.71. The minimum Gasteiger partial charge on any atom is -0.292 e. The van der Waals surface area contributed by atoms with Crippen molar-refractivity contribution < 1.29 is 9.72 Å². The second-order valence-corrected chi connectivity index (χ2v) is 7.59. The van der Waals surface area contributed by atoms with Crippen LogP contribution in [0, 0.1) is 10.1 Å². The topological polar surface area (TPSA) is 75.8 Å². The first-order chi connectivity index (χ1) is 14.7. The molecule has 1 fully saturated rings. The zero-order valence-corrected chi connectivity index (χ0v) is 16.0. The van der Waals surface area contributed by atoms with Gasteiger partial charge in [0.25, 0.3) is 0 Å². The van der Waals surface area contributed by atoms with Crippen LogP contribution in [-0.2, 0) is 0 Å². The molecule has 1 saturated heterocycles. The van der Waals surface area contributed by atoms with Crippen molar-refractivity contribution in [3.8, 4) is 0 Å². The van der Waals surface area contributed by atoms with E-state index in [2.05, 4.69) is 5.10 Å². The molecular weight excluding hydrogens is 378 g/mol. The molecule has 2 aliphatic rings. The predicted octanol–water partition coefficient (Wildman–Crippen LogP) is 4.07. The van der Waals surface area contributed by atoms with Crippen molar-refractivity contribution in [2.24, 2.45) is 5.10 Å². The third-order valence-electron chi connectivity index (χ3n) is 6.00.